The maximum absolute atomic E-state index is 14.5. The molecule has 1 amide bonds. The summed E-state index contributed by atoms with van der Waals surface area (Å²) >= 11 is 0. The van der Waals surface area contributed by atoms with Gasteiger partial charge in [-0.2, -0.15) is 5.10 Å². The molecule has 1 aliphatic carbocycles. The van der Waals surface area contributed by atoms with E-state index in [0.717, 1.165) is 24.0 Å². The van der Waals surface area contributed by atoms with Gasteiger partial charge in [0, 0.05) is 43.7 Å². The van der Waals surface area contributed by atoms with E-state index < -0.39 is 5.82 Å². The number of piperazine rings is 1. The second kappa shape index (κ2) is 7.92. The van der Waals surface area contributed by atoms with E-state index in [2.05, 4.69) is 25.1 Å². The highest BCUT2D eigenvalue weighted by atomic mass is 19.1. The van der Waals surface area contributed by atoms with Crippen LogP contribution in [0.2, 0.25) is 0 Å². The van der Waals surface area contributed by atoms with Gasteiger partial charge in [-0.3, -0.25) is 5.10 Å². The fourth-order valence-corrected chi connectivity index (χ4v) is 3.82. The average Bonchev–Trinajstić information content (AvgIpc) is 3.39. The number of halogens is 1. The Morgan fingerprint density at radius 3 is 2.69 bits per heavy atom. The van der Waals surface area contributed by atoms with Crippen molar-refractivity contribution >= 4 is 22.8 Å². The molecule has 1 saturated heterocycles. The lowest BCUT2D eigenvalue weighted by Gasteiger charge is -2.34. The summed E-state index contributed by atoms with van der Waals surface area (Å²) in [6.45, 7) is 6.53. The summed E-state index contributed by atoms with van der Waals surface area (Å²) in [5, 5.41) is 8.00. The summed E-state index contributed by atoms with van der Waals surface area (Å²) in [4.78, 5) is 24.5. The van der Waals surface area contributed by atoms with Crippen LogP contribution in [0, 0.1) is 5.82 Å². The lowest BCUT2D eigenvalue weighted by molar-refractivity contribution is 0.105. The zero-order valence-corrected chi connectivity index (χ0v) is 18.1. The Morgan fingerprint density at radius 1 is 1.19 bits per heavy atom. The van der Waals surface area contributed by atoms with E-state index in [0.29, 0.717) is 49.7 Å². The molecule has 9 nitrogen and oxygen atoms in total. The normalized spacial score (nSPS) is 17.5. The van der Waals surface area contributed by atoms with Gasteiger partial charge in [0.05, 0.1) is 17.8 Å². The fraction of sp³-hybridized carbons (Fsp3) is 0.455. The first-order valence-electron chi connectivity index (χ1n) is 10.8. The summed E-state index contributed by atoms with van der Waals surface area (Å²) in [5.41, 5.74) is 1.53. The van der Waals surface area contributed by atoms with Gasteiger partial charge in [0.25, 0.3) is 0 Å². The van der Waals surface area contributed by atoms with Gasteiger partial charge < -0.3 is 19.3 Å². The maximum Gasteiger partial charge on any atom is 0.409 e. The van der Waals surface area contributed by atoms with Crippen LogP contribution in [-0.2, 0) is 4.74 Å². The molecule has 0 bridgehead atoms. The molecule has 1 aromatic carbocycles. The lowest BCUT2D eigenvalue weighted by atomic mass is 10.1. The van der Waals surface area contributed by atoms with E-state index in [1.165, 1.54) is 12.4 Å². The molecule has 0 atom stereocenters. The number of carbonyl (C=O) groups excluding carboxylic acids is 1. The Balaban J connectivity index is 1.39. The van der Waals surface area contributed by atoms with Crippen LogP contribution >= 0.6 is 0 Å². The number of anilines is 1. The van der Waals surface area contributed by atoms with Crippen molar-refractivity contribution in [3.05, 3.63) is 30.3 Å². The first-order valence-corrected chi connectivity index (χ1v) is 10.8. The van der Waals surface area contributed by atoms with Crippen LogP contribution < -0.4 is 9.64 Å². The van der Waals surface area contributed by atoms with Gasteiger partial charge in [-0.25, -0.2) is 19.2 Å². The summed E-state index contributed by atoms with van der Waals surface area (Å²) < 4.78 is 25.4. The van der Waals surface area contributed by atoms with Crippen molar-refractivity contribution in [2.45, 2.75) is 32.3 Å². The van der Waals surface area contributed by atoms with Crippen molar-refractivity contribution in [3.63, 3.8) is 0 Å². The number of ether oxygens (including phenoxy) is 2. The third kappa shape index (κ3) is 3.92. The van der Waals surface area contributed by atoms with E-state index in [1.54, 1.807) is 17.9 Å². The fourth-order valence-electron chi connectivity index (χ4n) is 3.82. The van der Waals surface area contributed by atoms with Crippen LogP contribution in [0.15, 0.2) is 24.5 Å². The molecule has 2 fully saturated rings. The van der Waals surface area contributed by atoms with Gasteiger partial charge in [-0.05, 0) is 32.8 Å². The largest absolute Gasteiger partial charge is 0.484 e. The summed E-state index contributed by atoms with van der Waals surface area (Å²) in [6.07, 6.45) is 3.04. The van der Waals surface area contributed by atoms with Crippen molar-refractivity contribution in [1.82, 2.24) is 25.1 Å². The molecule has 0 radical (unpaired) electrons. The number of H-pyrrole nitrogens is 1. The molecule has 3 heterocycles. The molecular weight excluding hydrogens is 415 g/mol. The molecule has 2 aliphatic rings. The molecular formula is C22H25FN6O3. The quantitative estimate of drug-likeness (QED) is 0.650. The Morgan fingerprint density at radius 2 is 1.97 bits per heavy atom. The zero-order valence-electron chi connectivity index (χ0n) is 18.1. The molecule has 1 saturated carbocycles. The number of nitrogens with zero attached hydrogens (tertiary/aromatic N) is 5. The van der Waals surface area contributed by atoms with Gasteiger partial charge in [0.2, 0.25) is 0 Å². The van der Waals surface area contributed by atoms with Crippen LogP contribution in [0.4, 0.5) is 15.0 Å². The SMILES string of the molecule is CCOC(=O)N1CCN(c2cc(-c3n[nH]c4cc(F)c(OC5(C)CC5)cc34)ncn2)CC1. The highest BCUT2D eigenvalue weighted by Gasteiger charge is 2.40. The third-order valence-electron chi connectivity index (χ3n) is 5.95. The van der Waals surface area contributed by atoms with E-state index >= 15 is 0 Å². The van der Waals surface area contributed by atoms with Crippen molar-refractivity contribution in [2.75, 3.05) is 37.7 Å². The number of aromatic amines is 1. The van der Waals surface area contributed by atoms with Gasteiger partial charge in [-0.15, -0.1) is 0 Å². The number of rotatable bonds is 5. The number of aromatic nitrogens is 4. The number of amides is 1. The molecule has 5 rings (SSSR count). The van der Waals surface area contributed by atoms with Crippen molar-refractivity contribution in [1.29, 1.82) is 0 Å². The molecule has 0 spiro atoms. The van der Waals surface area contributed by atoms with Crippen LogP contribution in [-0.4, -0.2) is 69.5 Å². The summed E-state index contributed by atoms with van der Waals surface area (Å²) in [7, 11) is 0. The highest BCUT2D eigenvalue weighted by molar-refractivity contribution is 5.93. The Bertz CT molecular complexity index is 1150. The highest BCUT2D eigenvalue weighted by Crippen LogP contribution is 2.41. The molecule has 10 heteroatoms. The zero-order chi connectivity index (χ0) is 22.3. The predicted molar refractivity (Wildman–Crippen MR) is 116 cm³/mol. The molecule has 3 aromatic rings. The van der Waals surface area contributed by atoms with Crippen LogP contribution in [0.5, 0.6) is 5.75 Å². The van der Waals surface area contributed by atoms with Crippen molar-refractivity contribution in [3.8, 4) is 17.1 Å². The Kier molecular flexibility index (Phi) is 5.07. The monoisotopic (exact) mass is 440 g/mol. The van der Waals surface area contributed by atoms with Gasteiger partial charge in [0.15, 0.2) is 11.6 Å². The smallest absolute Gasteiger partial charge is 0.409 e. The standard InChI is InChI=1S/C22H25FN6O3/c1-3-31-21(30)29-8-6-28(7-9-29)19-12-17(24-13-25-19)20-14-10-18(32-22(2)4-5-22)15(23)11-16(14)26-27-20/h10-13H,3-9H2,1-2H3,(H,26,27). The third-order valence-corrected chi connectivity index (χ3v) is 5.95. The number of hydrogen-bond acceptors (Lipinski definition) is 7. The van der Waals surface area contributed by atoms with Crippen LogP contribution in [0.1, 0.15) is 26.7 Å². The lowest BCUT2D eigenvalue weighted by Crippen LogP contribution is -2.49. The van der Waals surface area contributed by atoms with E-state index in [9.17, 15) is 9.18 Å². The number of benzene rings is 1. The maximum atomic E-state index is 14.5. The van der Waals surface area contributed by atoms with E-state index in [1.807, 2.05) is 13.0 Å². The summed E-state index contributed by atoms with van der Waals surface area (Å²) in [6, 6.07) is 4.96. The Labute approximate surface area is 184 Å². The average molecular weight is 440 g/mol. The topological polar surface area (TPSA) is 96.5 Å². The van der Waals surface area contributed by atoms with Crippen LogP contribution in [0.3, 0.4) is 0 Å². The van der Waals surface area contributed by atoms with Crippen molar-refractivity contribution in [2.24, 2.45) is 0 Å². The van der Waals surface area contributed by atoms with Gasteiger partial charge in [0.1, 0.15) is 23.4 Å². The number of carbonyl (C=O) groups is 1. The first-order chi connectivity index (χ1) is 15.5. The molecule has 1 N–H and O–H groups in total. The number of fused-ring (bicyclic) bond motifs is 1. The van der Waals surface area contributed by atoms with Crippen LogP contribution in [0.25, 0.3) is 22.3 Å². The molecule has 2 aromatic heterocycles. The predicted octanol–water partition coefficient (Wildman–Crippen LogP) is 3.37. The molecule has 0 unspecified atom stereocenters. The minimum absolute atomic E-state index is 0.226. The second-order valence-corrected chi connectivity index (χ2v) is 8.39. The first kappa shape index (κ1) is 20.5. The molecule has 168 valence electrons. The molecule has 1 aliphatic heterocycles. The van der Waals surface area contributed by atoms with Gasteiger partial charge >= 0.3 is 6.09 Å². The van der Waals surface area contributed by atoms with Crippen molar-refractivity contribution < 1.29 is 18.7 Å². The minimum atomic E-state index is -0.413. The molecule has 32 heavy (non-hydrogen) atoms. The second-order valence-electron chi connectivity index (χ2n) is 8.39. The summed E-state index contributed by atoms with van der Waals surface area (Å²) in [5.74, 6) is 0.562. The number of hydrogen-bond donors (Lipinski definition) is 1. The Hall–Kier alpha value is -3.43. The van der Waals surface area contributed by atoms with Gasteiger partial charge in [-0.1, -0.05) is 0 Å². The van der Waals surface area contributed by atoms with E-state index in [-0.39, 0.29) is 17.4 Å². The van der Waals surface area contributed by atoms with E-state index in [4.69, 9.17) is 9.47 Å². The number of nitrogens with one attached hydrogen (secondary N) is 1. The minimum Gasteiger partial charge on any atom is -0.484 e.